The highest BCUT2D eigenvalue weighted by Crippen LogP contribution is 2.20. The molecule has 5 nitrogen and oxygen atoms in total. The van der Waals surface area contributed by atoms with E-state index in [-0.39, 0.29) is 0 Å². The summed E-state index contributed by atoms with van der Waals surface area (Å²) < 4.78 is 0. The highest BCUT2D eigenvalue weighted by Gasteiger charge is 2.16. The Kier molecular flexibility index (Phi) is 3.50. The van der Waals surface area contributed by atoms with Gasteiger partial charge in [0, 0.05) is 35.9 Å². The Morgan fingerprint density at radius 3 is 2.56 bits per heavy atom. The summed E-state index contributed by atoms with van der Waals surface area (Å²) in [7, 11) is 0. The maximum Gasteiger partial charge on any atom is 0.227 e. The Morgan fingerprint density at radius 2 is 1.94 bits per heavy atom. The van der Waals surface area contributed by atoms with Crippen LogP contribution in [0.15, 0.2) is 0 Å². The van der Waals surface area contributed by atoms with Gasteiger partial charge in [0.1, 0.15) is 5.82 Å². The molecule has 0 unspecified atom stereocenters. The third-order valence-electron chi connectivity index (χ3n) is 2.81. The van der Waals surface area contributed by atoms with Crippen LogP contribution in [0.5, 0.6) is 0 Å². The molecule has 0 saturated carbocycles. The first-order valence-electron chi connectivity index (χ1n) is 5.37. The first-order valence-corrected chi connectivity index (χ1v) is 6.52. The van der Waals surface area contributed by atoms with E-state index in [2.05, 4.69) is 20.3 Å². The van der Waals surface area contributed by atoms with Crippen molar-refractivity contribution in [3.8, 4) is 0 Å². The average molecular weight is 239 g/mol. The molecule has 0 aliphatic carbocycles. The molecule has 1 fully saturated rings. The van der Waals surface area contributed by atoms with Gasteiger partial charge in [-0.15, -0.1) is 0 Å². The summed E-state index contributed by atoms with van der Waals surface area (Å²) in [6.45, 7) is 5.98. The van der Waals surface area contributed by atoms with Gasteiger partial charge in [0.25, 0.3) is 0 Å². The highest BCUT2D eigenvalue weighted by molar-refractivity contribution is 7.99. The summed E-state index contributed by atoms with van der Waals surface area (Å²) in [5.41, 5.74) is 4.63. The molecule has 6 heteroatoms. The number of nitrogens with two attached hydrogens (primary N) is 1. The van der Waals surface area contributed by atoms with Gasteiger partial charge >= 0.3 is 0 Å². The van der Waals surface area contributed by atoms with E-state index < -0.39 is 0 Å². The van der Waals surface area contributed by atoms with Crippen molar-refractivity contribution >= 4 is 23.5 Å². The van der Waals surface area contributed by atoms with Crippen LogP contribution < -0.4 is 16.2 Å². The normalized spacial score (nSPS) is 16.3. The quantitative estimate of drug-likeness (QED) is 0.591. The smallest absolute Gasteiger partial charge is 0.227 e. The van der Waals surface area contributed by atoms with E-state index >= 15 is 0 Å². The number of nitrogens with zero attached hydrogens (tertiary/aromatic N) is 3. The Balaban J connectivity index is 2.29. The third-order valence-corrected chi connectivity index (χ3v) is 3.75. The molecule has 16 heavy (non-hydrogen) atoms. The first-order chi connectivity index (χ1) is 7.72. The Labute approximate surface area is 99.8 Å². The van der Waals surface area contributed by atoms with Gasteiger partial charge in [-0.3, -0.25) is 0 Å². The Hall–Kier alpha value is -1.01. The lowest BCUT2D eigenvalue weighted by Gasteiger charge is -2.27. The summed E-state index contributed by atoms with van der Waals surface area (Å²) in [5, 5.41) is 0. The van der Waals surface area contributed by atoms with Crippen molar-refractivity contribution in [3.05, 3.63) is 11.3 Å². The minimum absolute atomic E-state index is 0.723. The molecule has 3 N–H and O–H groups in total. The monoisotopic (exact) mass is 239 g/mol. The molecular formula is C10H17N5S. The van der Waals surface area contributed by atoms with E-state index in [1.54, 1.807) is 0 Å². The number of thioether (sulfide) groups is 1. The van der Waals surface area contributed by atoms with Crippen molar-refractivity contribution in [2.24, 2.45) is 5.84 Å². The fourth-order valence-corrected chi connectivity index (χ4v) is 2.56. The largest absolute Gasteiger partial charge is 0.339 e. The lowest BCUT2D eigenvalue weighted by Crippen LogP contribution is -2.34. The standard InChI is InChI=1S/C10H17N5S/c1-7-8(2)12-10(13-9(7)14-11)15-3-5-16-6-4-15/h3-6,11H2,1-2H3,(H,12,13,14). The van der Waals surface area contributed by atoms with Crippen LogP contribution in [-0.2, 0) is 0 Å². The van der Waals surface area contributed by atoms with E-state index in [4.69, 9.17) is 5.84 Å². The van der Waals surface area contributed by atoms with Gasteiger partial charge in [-0.05, 0) is 13.8 Å². The second-order valence-corrected chi connectivity index (χ2v) is 5.05. The molecule has 1 aromatic heterocycles. The molecule has 0 amide bonds. The van der Waals surface area contributed by atoms with Gasteiger partial charge in [-0.2, -0.15) is 16.7 Å². The van der Waals surface area contributed by atoms with Crippen LogP contribution in [0.25, 0.3) is 0 Å². The first kappa shape index (κ1) is 11.5. The zero-order valence-corrected chi connectivity index (χ0v) is 10.5. The van der Waals surface area contributed by atoms with Gasteiger partial charge in [-0.1, -0.05) is 0 Å². The number of rotatable bonds is 2. The second-order valence-electron chi connectivity index (χ2n) is 3.83. The molecule has 0 spiro atoms. The number of aryl methyl sites for hydroxylation is 1. The van der Waals surface area contributed by atoms with E-state index in [0.717, 1.165) is 47.6 Å². The van der Waals surface area contributed by atoms with Crippen molar-refractivity contribution in [3.63, 3.8) is 0 Å². The zero-order valence-electron chi connectivity index (χ0n) is 9.66. The van der Waals surface area contributed by atoms with Gasteiger partial charge in [0.2, 0.25) is 5.95 Å². The molecule has 0 bridgehead atoms. The summed E-state index contributed by atoms with van der Waals surface area (Å²) >= 11 is 1.97. The van der Waals surface area contributed by atoms with Crippen molar-refractivity contribution in [2.45, 2.75) is 13.8 Å². The minimum Gasteiger partial charge on any atom is -0.339 e. The number of hydrogen-bond acceptors (Lipinski definition) is 6. The molecule has 0 radical (unpaired) electrons. The molecule has 88 valence electrons. The number of nitrogen functional groups attached to an aromatic ring is 1. The fraction of sp³-hybridized carbons (Fsp3) is 0.600. The molecule has 0 aromatic carbocycles. The number of nitrogens with one attached hydrogen (secondary N) is 1. The van der Waals surface area contributed by atoms with Crippen molar-refractivity contribution in [1.29, 1.82) is 0 Å². The molecular weight excluding hydrogens is 222 g/mol. The molecule has 1 saturated heterocycles. The lowest BCUT2D eigenvalue weighted by molar-refractivity contribution is 0.808. The van der Waals surface area contributed by atoms with Crippen LogP contribution in [0.4, 0.5) is 11.8 Å². The van der Waals surface area contributed by atoms with Crippen LogP contribution in [0.3, 0.4) is 0 Å². The maximum atomic E-state index is 5.46. The van der Waals surface area contributed by atoms with Gasteiger partial charge in [0.15, 0.2) is 0 Å². The number of hydrazine groups is 1. The Morgan fingerprint density at radius 1 is 1.25 bits per heavy atom. The van der Waals surface area contributed by atoms with E-state index in [9.17, 15) is 0 Å². The van der Waals surface area contributed by atoms with Crippen molar-refractivity contribution < 1.29 is 0 Å². The van der Waals surface area contributed by atoms with Gasteiger partial charge in [-0.25, -0.2) is 10.8 Å². The third kappa shape index (κ3) is 2.22. The fourth-order valence-electron chi connectivity index (χ4n) is 1.66. The molecule has 1 aromatic rings. The van der Waals surface area contributed by atoms with Gasteiger partial charge < -0.3 is 10.3 Å². The zero-order chi connectivity index (χ0) is 11.5. The number of hydrogen-bond donors (Lipinski definition) is 2. The second kappa shape index (κ2) is 4.88. The van der Waals surface area contributed by atoms with Crippen LogP contribution in [-0.4, -0.2) is 34.6 Å². The van der Waals surface area contributed by atoms with Crippen LogP contribution >= 0.6 is 11.8 Å². The van der Waals surface area contributed by atoms with Crippen LogP contribution in [0, 0.1) is 13.8 Å². The minimum atomic E-state index is 0.723. The van der Waals surface area contributed by atoms with Crippen molar-refractivity contribution in [1.82, 2.24) is 9.97 Å². The predicted octanol–water partition coefficient (Wildman–Crippen LogP) is 0.932. The van der Waals surface area contributed by atoms with Crippen LogP contribution in [0.2, 0.25) is 0 Å². The maximum absolute atomic E-state index is 5.46. The number of anilines is 2. The predicted molar refractivity (Wildman–Crippen MR) is 68.9 cm³/mol. The Bertz CT molecular complexity index is 376. The summed E-state index contributed by atoms with van der Waals surface area (Å²) in [5.74, 6) is 9.25. The lowest BCUT2D eigenvalue weighted by atomic mass is 10.2. The molecule has 1 aliphatic rings. The molecule has 2 rings (SSSR count). The SMILES string of the molecule is Cc1nc(N2CCSCC2)nc(NN)c1C. The highest BCUT2D eigenvalue weighted by atomic mass is 32.2. The number of aromatic nitrogens is 2. The van der Waals surface area contributed by atoms with Gasteiger partial charge in [0.05, 0.1) is 0 Å². The molecule has 1 aliphatic heterocycles. The molecule has 2 heterocycles. The van der Waals surface area contributed by atoms with E-state index in [1.807, 2.05) is 25.6 Å². The van der Waals surface area contributed by atoms with Crippen LogP contribution in [0.1, 0.15) is 11.3 Å². The summed E-state index contributed by atoms with van der Waals surface area (Å²) in [4.78, 5) is 11.2. The molecule has 0 atom stereocenters. The summed E-state index contributed by atoms with van der Waals surface area (Å²) in [6.07, 6.45) is 0. The van der Waals surface area contributed by atoms with Crippen molar-refractivity contribution in [2.75, 3.05) is 34.9 Å². The van der Waals surface area contributed by atoms with E-state index in [1.165, 1.54) is 0 Å². The average Bonchev–Trinajstić information content (AvgIpc) is 2.33. The summed E-state index contributed by atoms with van der Waals surface area (Å²) in [6, 6.07) is 0. The van der Waals surface area contributed by atoms with E-state index in [0.29, 0.717) is 0 Å². The topological polar surface area (TPSA) is 67.1 Å².